The fourth-order valence-electron chi connectivity index (χ4n) is 11.8. The maximum Gasteiger partial charge on any atom is 0.176 e. The first-order valence-electron chi connectivity index (χ1n) is 37.0. The minimum Gasteiger partial charge on any atom is -0.293 e. The van der Waals surface area contributed by atoms with E-state index < -0.39 is 11.6 Å². The first-order chi connectivity index (χ1) is 55.7. The van der Waals surface area contributed by atoms with Crippen molar-refractivity contribution < 1.29 is 55.1 Å². The summed E-state index contributed by atoms with van der Waals surface area (Å²) < 4.78 is 104. The molecule has 116 heavy (non-hydrogen) atoms. The zero-order valence-electron chi connectivity index (χ0n) is 63.7. The van der Waals surface area contributed by atoms with Crippen LogP contribution >= 0.6 is 116 Å². The summed E-state index contributed by atoms with van der Waals surface area (Å²) in [6.45, 7) is 11.5. The molecule has 0 saturated heterocycles. The molecule has 6 aromatic heterocycles. The van der Waals surface area contributed by atoms with Gasteiger partial charge in [-0.15, -0.1) is 30.6 Å². The number of hydrogen-bond donors (Lipinski definition) is 0. The van der Waals surface area contributed by atoms with Crippen LogP contribution in [-0.2, 0) is 44.9 Å². The molecule has 18 nitrogen and oxygen atoms in total. The van der Waals surface area contributed by atoms with Crippen LogP contribution in [0.5, 0.6) is 0 Å². The van der Waals surface area contributed by atoms with Crippen LogP contribution in [0, 0.1) is 55.7 Å². The molecule has 0 N–H and O–H groups in total. The summed E-state index contributed by atoms with van der Waals surface area (Å²) in [7, 11) is 0. The van der Waals surface area contributed by atoms with Crippen LogP contribution < -0.4 is 0 Å². The lowest BCUT2D eigenvalue weighted by atomic mass is 9.82. The number of hydrogen-bond acceptors (Lipinski definition) is 24. The van der Waals surface area contributed by atoms with Gasteiger partial charge in [-0.05, 0) is 238 Å². The summed E-state index contributed by atoms with van der Waals surface area (Å²) >= 11 is 30.5. The van der Waals surface area contributed by atoms with Gasteiger partial charge in [-0.2, -0.15) is 0 Å². The topological polar surface area (TPSA) is 257 Å². The Morgan fingerprint density at radius 2 is 0.681 bits per heavy atom. The lowest BCUT2D eigenvalue weighted by molar-refractivity contribution is 0.0976. The van der Waals surface area contributed by atoms with E-state index in [9.17, 15) is 55.1 Å². The molecule has 0 amide bonds. The van der Waals surface area contributed by atoms with Gasteiger partial charge >= 0.3 is 0 Å². The third-order valence-electron chi connectivity index (χ3n) is 18.6. The summed E-state index contributed by atoms with van der Waals surface area (Å²) in [6.07, 6.45) is 10.5. The highest BCUT2D eigenvalue weighted by Crippen LogP contribution is 2.42. The molecule has 6 aromatic carbocycles. The average Bonchev–Trinajstić information content (AvgIpc) is 1.68. The zero-order valence-corrected chi connectivity index (χ0v) is 71.6. The third kappa shape index (κ3) is 26.0. The number of aromatic nitrogens is 12. The van der Waals surface area contributed by atoms with Crippen molar-refractivity contribution in [2.45, 2.75) is 181 Å². The van der Waals surface area contributed by atoms with Gasteiger partial charge in [0.25, 0.3) is 0 Å². The highest BCUT2D eigenvalue weighted by atomic mass is 35.5. The highest BCUT2D eigenvalue weighted by molar-refractivity contribution is 7.09. The maximum absolute atomic E-state index is 13.7. The molecule has 0 bridgehead atoms. The Balaban J connectivity index is 0.000000159. The quantitative estimate of drug-likeness (QED) is 0.0312. The van der Waals surface area contributed by atoms with E-state index in [1.165, 1.54) is 71.5 Å². The number of aryl methyl sites for hydroxylation is 5. The molecule has 2 aliphatic carbocycles. The number of ketones is 6. The molecule has 608 valence electrons. The molecular formula is C82H78Cl4F6N12O6S6. The van der Waals surface area contributed by atoms with Crippen molar-refractivity contribution in [1.82, 2.24) is 57.5 Å². The van der Waals surface area contributed by atoms with Crippen LogP contribution in [0.25, 0.3) is 0 Å². The predicted molar refractivity (Wildman–Crippen MR) is 445 cm³/mol. The molecule has 34 heteroatoms. The molecule has 12 aromatic rings. The molecule has 0 unspecified atom stereocenters. The van der Waals surface area contributed by atoms with E-state index in [1.54, 1.807) is 55.5 Å². The van der Waals surface area contributed by atoms with Crippen LogP contribution in [-0.4, -0.2) is 92.2 Å². The van der Waals surface area contributed by atoms with E-state index in [1.807, 2.05) is 39.8 Å². The fraction of sp³-hybridized carbons (Fsp3) is 0.341. The second-order valence-electron chi connectivity index (χ2n) is 27.2. The van der Waals surface area contributed by atoms with Gasteiger partial charge in [0.1, 0.15) is 64.2 Å². The molecule has 2 aliphatic rings. The highest BCUT2D eigenvalue weighted by Gasteiger charge is 2.32. The van der Waals surface area contributed by atoms with E-state index in [-0.39, 0.29) is 121 Å². The summed E-state index contributed by atoms with van der Waals surface area (Å²) in [4.78, 5) is 76.2. The normalized spacial score (nSPS) is 12.1. The van der Waals surface area contributed by atoms with Crippen molar-refractivity contribution in [1.29, 1.82) is 0 Å². The number of halogens is 10. The minimum atomic E-state index is -0.623. The molecule has 0 aliphatic heterocycles. The van der Waals surface area contributed by atoms with Crippen LogP contribution in [0.3, 0.4) is 0 Å². The zero-order chi connectivity index (χ0) is 83.5. The molecule has 0 spiro atoms. The van der Waals surface area contributed by atoms with E-state index in [4.69, 9.17) is 46.4 Å². The Hall–Kier alpha value is -8.56. The van der Waals surface area contributed by atoms with Gasteiger partial charge in [-0.1, -0.05) is 162 Å². The van der Waals surface area contributed by atoms with Gasteiger partial charge in [0.05, 0.1) is 34.2 Å². The Bertz CT molecular complexity index is 5160. The molecule has 0 radical (unpaired) electrons. The smallest absolute Gasteiger partial charge is 0.176 e. The van der Waals surface area contributed by atoms with Gasteiger partial charge in [-0.3, -0.25) is 28.8 Å². The average molecular weight is 1780 g/mol. The summed E-state index contributed by atoms with van der Waals surface area (Å²) in [5.41, 5.74) is 8.36. The number of carbonyl (C=O) groups excluding carboxylic acids is 6. The lowest BCUT2D eigenvalue weighted by Gasteiger charge is -2.23. The predicted octanol–water partition coefficient (Wildman–Crippen LogP) is 22.7. The summed E-state index contributed by atoms with van der Waals surface area (Å²) in [5.74, 6) is -2.03. The van der Waals surface area contributed by atoms with Gasteiger partial charge < -0.3 is 0 Å². The van der Waals surface area contributed by atoms with E-state index >= 15 is 0 Å². The molecular weight excluding hydrogens is 1700 g/mol. The van der Waals surface area contributed by atoms with Crippen molar-refractivity contribution in [3.8, 4) is 0 Å². The SMILES string of the molecule is CC(C)c1nnsc1C(=O)CCc1c(F)cccc1Cl.CCCc1nnsc1C(=O)CCc1c(F)cccc1Cl.Cc1ccccc1CCC(=O)c1snnc1C.Cc1nnsc1C(=O)CCc1c(F)cccc1F.O=C(CCc1c(F)cccc1Cl)c1snnc1C1CC1.O=C(CCc1c(F)cccc1Cl)c1snnc1C1CCC1. The number of rotatable bonds is 29. The van der Waals surface area contributed by atoms with Crippen molar-refractivity contribution in [3.05, 3.63) is 273 Å². The number of nitrogens with zero attached hydrogens (tertiary/aromatic N) is 12. The minimum absolute atomic E-state index is 0.0220. The third-order valence-corrected chi connectivity index (χ3v) is 24.9. The summed E-state index contributed by atoms with van der Waals surface area (Å²) in [5, 5.41) is 25.1. The molecule has 14 rings (SSSR count). The largest absolute Gasteiger partial charge is 0.293 e. The van der Waals surface area contributed by atoms with E-state index in [0.717, 1.165) is 125 Å². The second kappa shape index (κ2) is 45.4. The van der Waals surface area contributed by atoms with Gasteiger partial charge in [0.2, 0.25) is 0 Å². The van der Waals surface area contributed by atoms with E-state index in [2.05, 4.69) is 76.6 Å². The first-order valence-corrected chi connectivity index (χ1v) is 43.1. The molecule has 2 fully saturated rings. The monoisotopic (exact) mass is 1770 g/mol. The summed E-state index contributed by atoms with van der Waals surface area (Å²) in [6, 6.07) is 30.0. The van der Waals surface area contributed by atoms with Crippen molar-refractivity contribution in [2.24, 2.45) is 0 Å². The maximum atomic E-state index is 13.7. The number of Topliss-reactive ketones (excluding diaryl/α,β-unsaturated/α-hetero) is 6. The Kier molecular flexibility index (Phi) is 35.8. The fourth-order valence-corrected chi connectivity index (χ4v) is 16.9. The first kappa shape index (κ1) is 91.3. The Labute approximate surface area is 711 Å². The van der Waals surface area contributed by atoms with Crippen molar-refractivity contribution in [2.75, 3.05) is 0 Å². The Morgan fingerprint density at radius 1 is 0.362 bits per heavy atom. The van der Waals surface area contributed by atoms with Crippen LogP contribution in [0.15, 0.2) is 115 Å². The van der Waals surface area contributed by atoms with Gasteiger partial charge in [0.15, 0.2) is 34.7 Å². The van der Waals surface area contributed by atoms with Crippen molar-refractivity contribution >= 4 is 150 Å². The standard InChI is InChI=1S/C15H14ClFN2OS.C14H12ClFN2OS.2C14H14ClFN2OS.C13H14N2OS.C12H10F2N2OS/c16-11-5-2-6-12(17)10(11)7-8-13(20)15-14(18-19-21-15)9-3-1-4-9;15-10-2-1-3-11(16)9(10)6-7-12(19)14-13(8-4-5-8)17-18-20-14;1-8(2)13-14(20-18-17-13)12(19)7-6-9-10(15)4-3-5-11(9)16;1-2-4-12-14(20-18-17-12)13(19)8-7-9-10(15)5-3-6-11(9)16;1-9-5-3-4-6-11(9)7-8-12(16)13-10(2)14-15-17-13;1-7-12(18-16-15-7)11(17)6-5-8-9(13)3-2-4-10(8)14/h2,5-6,9H,1,3-4,7-8H2;1-3,8H,4-7H2;3-5,8H,6-7H2,1-2H3;3,5-6H,2,4,7-8H2,1H3;3-6H,7-8H2,1-2H3;2-4H,5-6H2,1H3. The number of benzene rings is 6. The van der Waals surface area contributed by atoms with Gasteiger partial charge in [-0.25, -0.2) is 26.3 Å². The van der Waals surface area contributed by atoms with Crippen LogP contribution in [0.2, 0.25) is 20.1 Å². The number of carbonyl (C=O) groups is 6. The Morgan fingerprint density at radius 3 is 1.05 bits per heavy atom. The van der Waals surface area contributed by atoms with Crippen LogP contribution in [0.4, 0.5) is 26.3 Å². The second-order valence-corrected chi connectivity index (χ2v) is 33.3. The van der Waals surface area contributed by atoms with E-state index in [0.29, 0.717) is 114 Å². The molecule has 6 heterocycles. The molecule has 0 atom stereocenters. The lowest BCUT2D eigenvalue weighted by Crippen LogP contribution is -2.13. The van der Waals surface area contributed by atoms with Gasteiger partial charge in [0, 0.05) is 98.3 Å². The molecule has 2 saturated carbocycles. The van der Waals surface area contributed by atoms with Crippen molar-refractivity contribution in [3.63, 3.8) is 0 Å². The van der Waals surface area contributed by atoms with Crippen LogP contribution in [0.1, 0.15) is 247 Å².